The van der Waals surface area contributed by atoms with Crippen LogP contribution in [0, 0.1) is 17.8 Å². The Labute approximate surface area is 113 Å². The second kappa shape index (κ2) is 4.76. The van der Waals surface area contributed by atoms with Gasteiger partial charge in [0.1, 0.15) is 0 Å². The van der Waals surface area contributed by atoms with Crippen molar-refractivity contribution in [2.24, 2.45) is 17.8 Å². The van der Waals surface area contributed by atoms with Crippen molar-refractivity contribution in [1.29, 1.82) is 0 Å². The maximum absolute atomic E-state index is 3.95. The highest BCUT2D eigenvalue weighted by Crippen LogP contribution is 2.62. The molecule has 17 heavy (non-hydrogen) atoms. The third kappa shape index (κ3) is 2.19. The van der Waals surface area contributed by atoms with Crippen molar-refractivity contribution in [1.82, 2.24) is 0 Å². The van der Waals surface area contributed by atoms with E-state index in [1.54, 1.807) is 0 Å². The first-order valence-corrected chi connectivity index (χ1v) is 7.95. The molecule has 3 unspecified atom stereocenters. The standard InChI is InChI=1S/C16H21Br/c1-2-11-7-9-12(10-8-11)16(17)15-13-5-3-4-6-14(13)15/h7-10,13-16H,2-6H2,1H3. The molecule has 0 aliphatic heterocycles. The first kappa shape index (κ1) is 11.8. The number of benzene rings is 1. The molecule has 0 saturated heterocycles. The Hall–Kier alpha value is -0.300. The Balaban J connectivity index is 1.71. The van der Waals surface area contributed by atoms with Gasteiger partial charge in [0.25, 0.3) is 0 Å². The molecule has 1 heteroatoms. The van der Waals surface area contributed by atoms with Gasteiger partial charge in [0, 0.05) is 4.83 Å². The van der Waals surface area contributed by atoms with Crippen LogP contribution in [-0.4, -0.2) is 0 Å². The number of hydrogen-bond acceptors (Lipinski definition) is 0. The SMILES string of the molecule is CCc1ccc(C(Br)C2C3CCCCC32)cc1. The molecule has 1 aromatic rings. The highest BCUT2D eigenvalue weighted by atomic mass is 79.9. The molecule has 0 nitrogen and oxygen atoms in total. The van der Waals surface area contributed by atoms with Crippen LogP contribution >= 0.6 is 15.9 Å². The maximum atomic E-state index is 3.95. The van der Waals surface area contributed by atoms with Crippen molar-refractivity contribution in [3.8, 4) is 0 Å². The molecule has 0 radical (unpaired) electrons. The highest BCUT2D eigenvalue weighted by Gasteiger charge is 2.53. The topological polar surface area (TPSA) is 0 Å². The molecule has 0 spiro atoms. The number of aryl methyl sites for hydroxylation is 1. The van der Waals surface area contributed by atoms with E-state index in [0.717, 1.165) is 24.2 Å². The molecular weight excluding hydrogens is 272 g/mol. The van der Waals surface area contributed by atoms with E-state index in [1.807, 2.05) is 0 Å². The molecular formula is C16H21Br. The molecule has 0 aromatic heterocycles. The lowest BCUT2D eigenvalue weighted by molar-refractivity contribution is 0.480. The van der Waals surface area contributed by atoms with Crippen molar-refractivity contribution < 1.29 is 0 Å². The lowest BCUT2D eigenvalue weighted by Crippen LogP contribution is -1.95. The predicted octanol–water partition coefficient (Wildman–Crippen LogP) is 5.12. The molecule has 2 fully saturated rings. The van der Waals surface area contributed by atoms with Gasteiger partial charge >= 0.3 is 0 Å². The van der Waals surface area contributed by atoms with Gasteiger partial charge in [-0.25, -0.2) is 0 Å². The Morgan fingerprint density at radius 2 is 1.71 bits per heavy atom. The highest BCUT2D eigenvalue weighted by molar-refractivity contribution is 9.09. The number of halogens is 1. The molecule has 2 aliphatic rings. The van der Waals surface area contributed by atoms with E-state index >= 15 is 0 Å². The fraction of sp³-hybridized carbons (Fsp3) is 0.625. The van der Waals surface area contributed by atoms with Crippen molar-refractivity contribution in [3.63, 3.8) is 0 Å². The summed E-state index contributed by atoms with van der Waals surface area (Å²) in [5, 5.41) is 0. The van der Waals surface area contributed by atoms with Crippen molar-refractivity contribution >= 4 is 15.9 Å². The van der Waals surface area contributed by atoms with E-state index in [-0.39, 0.29) is 0 Å². The van der Waals surface area contributed by atoms with Gasteiger partial charge in [-0.1, -0.05) is 60.0 Å². The summed E-state index contributed by atoms with van der Waals surface area (Å²) in [7, 11) is 0. The van der Waals surface area contributed by atoms with Crippen LogP contribution in [0.15, 0.2) is 24.3 Å². The number of alkyl halides is 1. The van der Waals surface area contributed by atoms with Crippen LogP contribution in [0.1, 0.15) is 48.6 Å². The second-order valence-corrected chi connectivity index (χ2v) is 6.67. The minimum atomic E-state index is 0.599. The minimum absolute atomic E-state index is 0.599. The summed E-state index contributed by atoms with van der Waals surface area (Å²) < 4.78 is 0. The summed E-state index contributed by atoms with van der Waals surface area (Å²) in [5.41, 5.74) is 2.93. The first-order valence-electron chi connectivity index (χ1n) is 7.04. The normalized spacial score (nSPS) is 32.9. The predicted molar refractivity (Wildman–Crippen MR) is 76.4 cm³/mol. The zero-order valence-electron chi connectivity index (χ0n) is 10.5. The van der Waals surface area contributed by atoms with Gasteiger partial charge in [-0.15, -0.1) is 0 Å². The van der Waals surface area contributed by atoms with E-state index in [4.69, 9.17) is 0 Å². The van der Waals surface area contributed by atoms with Gasteiger partial charge in [-0.2, -0.15) is 0 Å². The lowest BCUT2D eigenvalue weighted by atomic mass is 10.0. The Kier molecular flexibility index (Phi) is 3.30. The van der Waals surface area contributed by atoms with Gasteiger partial charge in [0.2, 0.25) is 0 Å². The Morgan fingerprint density at radius 3 is 2.24 bits per heavy atom. The Morgan fingerprint density at radius 1 is 1.12 bits per heavy atom. The third-order valence-electron chi connectivity index (χ3n) is 4.77. The largest absolute Gasteiger partial charge is 0.0836 e. The summed E-state index contributed by atoms with van der Waals surface area (Å²) in [5.74, 6) is 2.97. The smallest absolute Gasteiger partial charge is 0.0429 e. The molecule has 0 bridgehead atoms. The summed E-state index contributed by atoms with van der Waals surface area (Å²) >= 11 is 3.95. The summed E-state index contributed by atoms with van der Waals surface area (Å²) in [6.45, 7) is 2.22. The van der Waals surface area contributed by atoms with E-state index in [9.17, 15) is 0 Å². The van der Waals surface area contributed by atoms with Gasteiger partial charge in [-0.3, -0.25) is 0 Å². The van der Waals surface area contributed by atoms with Crippen LogP contribution < -0.4 is 0 Å². The lowest BCUT2D eigenvalue weighted by Gasteiger charge is -2.10. The fourth-order valence-corrected chi connectivity index (χ4v) is 4.73. The van der Waals surface area contributed by atoms with Crippen LogP contribution in [0.3, 0.4) is 0 Å². The van der Waals surface area contributed by atoms with Crippen molar-refractivity contribution in [2.45, 2.75) is 43.9 Å². The minimum Gasteiger partial charge on any atom is -0.0836 e. The fourth-order valence-electron chi connectivity index (χ4n) is 3.64. The first-order chi connectivity index (χ1) is 8.31. The van der Waals surface area contributed by atoms with Crippen LogP contribution in [0.5, 0.6) is 0 Å². The van der Waals surface area contributed by atoms with E-state index in [0.29, 0.717) is 4.83 Å². The van der Waals surface area contributed by atoms with Gasteiger partial charge in [0.05, 0.1) is 0 Å². The summed E-state index contributed by atoms with van der Waals surface area (Å²) in [6.07, 6.45) is 7.02. The molecule has 3 atom stereocenters. The maximum Gasteiger partial charge on any atom is 0.0429 e. The number of rotatable bonds is 3. The van der Waals surface area contributed by atoms with Crippen LogP contribution in [-0.2, 0) is 6.42 Å². The number of hydrogen-bond donors (Lipinski definition) is 0. The van der Waals surface area contributed by atoms with E-state index < -0.39 is 0 Å². The molecule has 2 aliphatic carbocycles. The second-order valence-electron chi connectivity index (χ2n) is 5.69. The van der Waals surface area contributed by atoms with Crippen LogP contribution in [0.4, 0.5) is 0 Å². The quantitative estimate of drug-likeness (QED) is 0.678. The van der Waals surface area contributed by atoms with E-state index in [1.165, 1.54) is 36.8 Å². The molecule has 0 N–H and O–H groups in total. The van der Waals surface area contributed by atoms with E-state index in [2.05, 4.69) is 47.1 Å². The van der Waals surface area contributed by atoms with Gasteiger partial charge < -0.3 is 0 Å². The summed E-state index contributed by atoms with van der Waals surface area (Å²) in [4.78, 5) is 0.599. The van der Waals surface area contributed by atoms with Crippen molar-refractivity contribution in [3.05, 3.63) is 35.4 Å². The average molecular weight is 293 g/mol. The zero-order chi connectivity index (χ0) is 11.8. The zero-order valence-corrected chi connectivity index (χ0v) is 12.1. The molecule has 0 amide bonds. The van der Waals surface area contributed by atoms with Gasteiger partial charge in [-0.05, 0) is 48.1 Å². The van der Waals surface area contributed by atoms with Crippen LogP contribution in [0.2, 0.25) is 0 Å². The average Bonchev–Trinajstić information content (AvgIpc) is 3.12. The molecule has 3 rings (SSSR count). The number of fused-ring (bicyclic) bond motifs is 1. The Bertz CT molecular complexity index is 369. The monoisotopic (exact) mass is 292 g/mol. The summed E-state index contributed by atoms with van der Waals surface area (Å²) in [6, 6.07) is 9.22. The van der Waals surface area contributed by atoms with Gasteiger partial charge in [0.15, 0.2) is 0 Å². The van der Waals surface area contributed by atoms with Crippen molar-refractivity contribution in [2.75, 3.05) is 0 Å². The molecule has 92 valence electrons. The molecule has 0 heterocycles. The third-order valence-corrected chi connectivity index (χ3v) is 5.91. The molecule has 2 saturated carbocycles. The van der Waals surface area contributed by atoms with Crippen LogP contribution in [0.25, 0.3) is 0 Å². The molecule has 1 aromatic carbocycles.